The number of rotatable bonds is 6. The zero-order chi connectivity index (χ0) is 20.9. The molecule has 30 heavy (non-hydrogen) atoms. The number of hydrogen-bond donors (Lipinski definition) is 2. The number of pyridine rings is 1. The monoisotopic (exact) mass is 425 g/mol. The zero-order valence-corrected chi connectivity index (χ0v) is 17.4. The summed E-state index contributed by atoms with van der Waals surface area (Å²) in [6.07, 6.45) is 7.73. The predicted octanol–water partition coefficient (Wildman–Crippen LogP) is 4.16. The smallest absolute Gasteiger partial charge is 0.253 e. The highest BCUT2D eigenvalue weighted by atomic mass is 32.1. The first-order chi connectivity index (χ1) is 14.6. The molecule has 2 N–H and O–H groups in total. The van der Waals surface area contributed by atoms with E-state index < -0.39 is 6.10 Å². The van der Waals surface area contributed by atoms with Crippen LogP contribution in [-0.4, -0.2) is 33.1 Å². The number of nitrogens with zero attached hydrogens (tertiary/aromatic N) is 2. The number of carbonyl (C=O) groups is 1. The molecule has 156 valence electrons. The quantitative estimate of drug-likeness (QED) is 0.622. The number of hydrogen-bond acceptors (Lipinski definition) is 5. The van der Waals surface area contributed by atoms with Gasteiger partial charge in [0.05, 0.1) is 22.7 Å². The molecule has 0 aliphatic heterocycles. The number of benzene rings is 1. The van der Waals surface area contributed by atoms with Crippen LogP contribution in [0, 0.1) is 5.82 Å². The number of aromatic nitrogens is 2. The molecule has 1 aliphatic carbocycles. The molecule has 0 saturated heterocycles. The summed E-state index contributed by atoms with van der Waals surface area (Å²) in [5.41, 5.74) is 2.89. The van der Waals surface area contributed by atoms with Gasteiger partial charge in [-0.05, 0) is 43.0 Å². The fourth-order valence-corrected chi connectivity index (χ4v) is 4.45. The standard InChI is InChI=1S/C23H24FN3O2S/c24-17-7-5-15(6-8-17)18-13-16(23(29)27-20-3-1-2-4-21(20)28)14-26-19(18)9-10-22-25-11-12-30-22/h5-8,11-14,20-21,28H,1-4,9-10H2,(H,27,29)/t20-,21-/m1/s1. The van der Waals surface area contributed by atoms with Crippen LogP contribution in [0.25, 0.3) is 11.1 Å². The first-order valence-corrected chi connectivity index (χ1v) is 11.1. The minimum atomic E-state index is -0.509. The lowest BCUT2D eigenvalue weighted by Gasteiger charge is -2.28. The van der Waals surface area contributed by atoms with Crippen LogP contribution in [0.5, 0.6) is 0 Å². The number of halogens is 1. The van der Waals surface area contributed by atoms with Crippen LogP contribution in [0.1, 0.15) is 46.7 Å². The molecule has 0 spiro atoms. The number of aliphatic hydroxyl groups is 1. The van der Waals surface area contributed by atoms with E-state index in [1.807, 2.05) is 11.4 Å². The first kappa shape index (κ1) is 20.6. The van der Waals surface area contributed by atoms with Gasteiger partial charge in [0.15, 0.2) is 0 Å². The van der Waals surface area contributed by atoms with Gasteiger partial charge >= 0.3 is 0 Å². The largest absolute Gasteiger partial charge is 0.391 e. The molecule has 0 radical (unpaired) electrons. The minimum Gasteiger partial charge on any atom is -0.391 e. The van der Waals surface area contributed by atoms with E-state index in [4.69, 9.17) is 0 Å². The van der Waals surface area contributed by atoms with Gasteiger partial charge in [-0.1, -0.05) is 25.0 Å². The van der Waals surface area contributed by atoms with Crippen LogP contribution in [-0.2, 0) is 12.8 Å². The predicted molar refractivity (Wildman–Crippen MR) is 115 cm³/mol. The molecule has 2 heterocycles. The molecule has 5 nitrogen and oxygen atoms in total. The Kier molecular flexibility index (Phi) is 6.50. The van der Waals surface area contributed by atoms with Crippen molar-refractivity contribution in [2.24, 2.45) is 0 Å². The van der Waals surface area contributed by atoms with Crippen LogP contribution in [0.3, 0.4) is 0 Å². The molecule has 3 aromatic rings. The molecule has 1 amide bonds. The highest BCUT2D eigenvalue weighted by Gasteiger charge is 2.25. The molecule has 1 aliphatic rings. The Balaban J connectivity index is 1.59. The fourth-order valence-electron chi connectivity index (χ4n) is 3.83. The third-order valence-corrected chi connectivity index (χ3v) is 6.33. The van der Waals surface area contributed by atoms with Crippen molar-refractivity contribution in [3.05, 3.63) is 70.2 Å². The number of nitrogens with one attached hydrogen (secondary N) is 1. The van der Waals surface area contributed by atoms with Gasteiger partial charge in [0, 0.05) is 35.5 Å². The van der Waals surface area contributed by atoms with Gasteiger partial charge in [0.25, 0.3) is 5.91 Å². The molecule has 1 aromatic carbocycles. The molecule has 4 rings (SSSR count). The highest BCUT2D eigenvalue weighted by Crippen LogP contribution is 2.26. The molecular weight excluding hydrogens is 401 g/mol. The van der Waals surface area contributed by atoms with Crippen LogP contribution in [0.2, 0.25) is 0 Å². The van der Waals surface area contributed by atoms with Crippen molar-refractivity contribution in [2.45, 2.75) is 50.7 Å². The molecular formula is C23H24FN3O2S. The maximum Gasteiger partial charge on any atom is 0.253 e. The Morgan fingerprint density at radius 1 is 1.17 bits per heavy atom. The first-order valence-electron chi connectivity index (χ1n) is 10.2. The summed E-state index contributed by atoms with van der Waals surface area (Å²) >= 11 is 1.60. The van der Waals surface area contributed by atoms with Crippen molar-refractivity contribution in [1.29, 1.82) is 0 Å². The third kappa shape index (κ3) is 4.91. The van der Waals surface area contributed by atoms with Crippen LogP contribution in [0.15, 0.2) is 48.1 Å². The lowest BCUT2D eigenvalue weighted by Crippen LogP contribution is -2.45. The molecule has 0 bridgehead atoms. The van der Waals surface area contributed by atoms with Gasteiger partial charge < -0.3 is 10.4 Å². The molecule has 1 saturated carbocycles. The van der Waals surface area contributed by atoms with Crippen molar-refractivity contribution in [3.8, 4) is 11.1 Å². The van der Waals surface area contributed by atoms with E-state index in [0.717, 1.165) is 47.5 Å². The lowest BCUT2D eigenvalue weighted by molar-refractivity contribution is 0.0717. The summed E-state index contributed by atoms with van der Waals surface area (Å²) < 4.78 is 13.4. The van der Waals surface area contributed by atoms with Crippen molar-refractivity contribution < 1.29 is 14.3 Å². The van der Waals surface area contributed by atoms with E-state index in [0.29, 0.717) is 18.4 Å². The summed E-state index contributed by atoms with van der Waals surface area (Å²) in [4.78, 5) is 21.7. The molecule has 1 fully saturated rings. The topological polar surface area (TPSA) is 75.1 Å². The molecule has 0 unspecified atom stereocenters. The van der Waals surface area contributed by atoms with E-state index in [2.05, 4.69) is 15.3 Å². The number of aryl methyl sites for hydroxylation is 2. The SMILES string of the molecule is O=C(N[C@@H]1CCCC[C@H]1O)c1cnc(CCc2nccs2)c(-c2ccc(F)cc2)c1. The summed E-state index contributed by atoms with van der Waals surface area (Å²) in [5, 5.41) is 16.1. The average molecular weight is 426 g/mol. The van der Waals surface area contributed by atoms with Gasteiger partial charge in [-0.2, -0.15) is 0 Å². The van der Waals surface area contributed by atoms with Crippen molar-refractivity contribution in [3.63, 3.8) is 0 Å². The summed E-state index contributed by atoms with van der Waals surface area (Å²) in [6, 6.07) is 7.79. The van der Waals surface area contributed by atoms with Crippen molar-refractivity contribution in [1.82, 2.24) is 15.3 Å². The minimum absolute atomic E-state index is 0.231. The second-order valence-electron chi connectivity index (χ2n) is 7.58. The van der Waals surface area contributed by atoms with E-state index in [1.165, 1.54) is 12.1 Å². The van der Waals surface area contributed by atoms with E-state index >= 15 is 0 Å². The second-order valence-corrected chi connectivity index (χ2v) is 8.56. The summed E-state index contributed by atoms with van der Waals surface area (Å²) in [6.45, 7) is 0. The molecule has 7 heteroatoms. The number of aliphatic hydroxyl groups excluding tert-OH is 1. The van der Waals surface area contributed by atoms with Crippen LogP contribution >= 0.6 is 11.3 Å². The van der Waals surface area contributed by atoms with Gasteiger partial charge in [-0.3, -0.25) is 9.78 Å². The highest BCUT2D eigenvalue weighted by molar-refractivity contribution is 7.09. The lowest BCUT2D eigenvalue weighted by atomic mass is 9.92. The Labute approximate surface area is 179 Å². The van der Waals surface area contributed by atoms with E-state index in [9.17, 15) is 14.3 Å². The Bertz CT molecular complexity index is 992. The van der Waals surface area contributed by atoms with Gasteiger partial charge in [-0.15, -0.1) is 11.3 Å². The van der Waals surface area contributed by atoms with E-state index in [-0.39, 0.29) is 17.8 Å². The maximum absolute atomic E-state index is 13.4. The molecule has 2 aromatic heterocycles. The van der Waals surface area contributed by atoms with Crippen molar-refractivity contribution in [2.75, 3.05) is 0 Å². The summed E-state index contributed by atoms with van der Waals surface area (Å²) in [5.74, 6) is -0.556. The van der Waals surface area contributed by atoms with Crippen LogP contribution in [0.4, 0.5) is 4.39 Å². The normalized spacial score (nSPS) is 18.9. The van der Waals surface area contributed by atoms with Gasteiger partial charge in [0.2, 0.25) is 0 Å². The summed E-state index contributed by atoms with van der Waals surface area (Å²) in [7, 11) is 0. The number of amides is 1. The van der Waals surface area contributed by atoms with Crippen molar-refractivity contribution >= 4 is 17.2 Å². The fraction of sp³-hybridized carbons (Fsp3) is 0.348. The number of carbonyl (C=O) groups excluding carboxylic acids is 1. The van der Waals surface area contributed by atoms with E-state index in [1.54, 1.807) is 35.9 Å². The Morgan fingerprint density at radius 2 is 1.97 bits per heavy atom. The Morgan fingerprint density at radius 3 is 2.70 bits per heavy atom. The number of thiazole rings is 1. The maximum atomic E-state index is 13.4. The average Bonchev–Trinajstić information content (AvgIpc) is 3.28. The zero-order valence-electron chi connectivity index (χ0n) is 16.6. The molecule has 2 atom stereocenters. The third-order valence-electron chi connectivity index (χ3n) is 5.49. The van der Waals surface area contributed by atoms with Gasteiger partial charge in [0.1, 0.15) is 5.82 Å². The van der Waals surface area contributed by atoms with Gasteiger partial charge in [-0.25, -0.2) is 9.37 Å². The van der Waals surface area contributed by atoms with Crippen LogP contribution < -0.4 is 5.32 Å². The Hall–Kier alpha value is -2.64. The second kappa shape index (κ2) is 9.45.